The van der Waals surface area contributed by atoms with Gasteiger partial charge in [-0.25, -0.2) is 4.79 Å². The fourth-order valence-electron chi connectivity index (χ4n) is 0.802. The minimum Gasteiger partial charge on any atom is -0.464 e. The van der Waals surface area contributed by atoms with Gasteiger partial charge in [-0.15, -0.1) is 0 Å². The van der Waals surface area contributed by atoms with Gasteiger partial charge in [-0.3, -0.25) is 0 Å². The molecular formula is C10H19BrO4. The normalized spacial score (nSPS) is 10.3. The molecule has 0 aliphatic rings. The van der Waals surface area contributed by atoms with Gasteiger partial charge in [0.05, 0.1) is 26.4 Å². The Balaban J connectivity index is 3.10. The molecule has 0 saturated heterocycles. The number of carbonyl (C=O) groups is 1. The number of rotatable bonds is 10. The van der Waals surface area contributed by atoms with Gasteiger partial charge in [0.15, 0.2) is 0 Å². The second-order valence-electron chi connectivity index (χ2n) is 2.93. The zero-order valence-electron chi connectivity index (χ0n) is 9.17. The molecule has 0 spiro atoms. The zero-order chi connectivity index (χ0) is 11.4. The Bertz CT molecular complexity index is 152. The van der Waals surface area contributed by atoms with Gasteiger partial charge in [0.25, 0.3) is 0 Å². The van der Waals surface area contributed by atoms with Gasteiger partial charge >= 0.3 is 5.97 Å². The molecule has 0 amide bonds. The van der Waals surface area contributed by atoms with Gasteiger partial charge in [-0.05, 0) is 6.42 Å². The summed E-state index contributed by atoms with van der Waals surface area (Å²) in [5.74, 6) is -0.302. The third-order valence-electron chi connectivity index (χ3n) is 1.57. The molecule has 0 fully saturated rings. The molecule has 0 bridgehead atoms. The minimum atomic E-state index is -0.302. The molecule has 0 aromatic carbocycles. The number of hydrogen-bond acceptors (Lipinski definition) is 4. The summed E-state index contributed by atoms with van der Waals surface area (Å²) in [5.41, 5.74) is 0. The largest absolute Gasteiger partial charge is 0.464 e. The number of halogens is 1. The molecule has 90 valence electrons. The van der Waals surface area contributed by atoms with E-state index in [2.05, 4.69) is 15.9 Å². The van der Waals surface area contributed by atoms with E-state index in [0.29, 0.717) is 26.4 Å². The van der Waals surface area contributed by atoms with E-state index in [0.717, 1.165) is 18.2 Å². The van der Waals surface area contributed by atoms with Gasteiger partial charge in [0.1, 0.15) is 6.61 Å². The van der Waals surface area contributed by atoms with Crippen molar-refractivity contribution in [3.63, 3.8) is 0 Å². The average molecular weight is 283 g/mol. The van der Waals surface area contributed by atoms with Crippen LogP contribution < -0.4 is 0 Å². The lowest BCUT2D eigenvalue weighted by molar-refractivity contribution is -0.149. The molecule has 0 radical (unpaired) electrons. The summed E-state index contributed by atoms with van der Waals surface area (Å²) < 4.78 is 15.1. The van der Waals surface area contributed by atoms with Crippen molar-refractivity contribution in [3.05, 3.63) is 0 Å². The lowest BCUT2D eigenvalue weighted by atomic mass is 10.4. The third kappa shape index (κ3) is 11.8. The molecule has 0 aliphatic carbocycles. The highest BCUT2D eigenvalue weighted by atomic mass is 79.9. The maximum absolute atomic E-state index is 11.0. The zero-order valence-corrected chi connectivity index (χ0v) is 10.8. The van der Waals surface area contributed by atoms with Crippen LogP contribution in [0.25, 0.3) is 0 Å². The van der Waals surface area contributed by atoms with E-state index in [1.165, 1.54) is 0 Å². The second kappa shape index (κ2) is 11.9. The third-order valence-corrected chi connectivity index (χ3v) is 1.90. The van der Waals surface area contributed by atoms with E-state index in [1.807, 2.05) is 6.92 Å². The number of carbonyl (C=O) groups excluding carboxylic acids is 1. The van der Waals surface area contributed by atoms with Crippen LogP contribution in [0.2, 0.25) is 0 Å². The summed E-state index contributed by atoms with van der Waals surface area (Å²) in [7, 11) is 0. The van der Waals surface area contributed by atoms with Crippen molar-refractivity contribution in [2.45, 2.75) is 19.8 Å². The summed E-state index contributed by atoms with van der Waals surface area (Å²) >= 11 is 3.24. The molecule has 0 aromatic heterocycles. The van der Waals surface area contributed by atoms with Crippen molar-refractivity contribution in [2.75, 3.05) is 38.4 Å². The first-order valence-electron chi connectivity index (χ1n) is 5.18. The molecule has 0 aromatic rings. The first-order valence-corrected chi connectivity index (χ1v) is 6.30. The van der Waals surface area contributed by atoms with Crippen molar-refractivity contribution in [2.24, 2.45) is 0 Å². The molecule has 0 rings (SSSR count). The van der Waals surface area contributed by atoms with Crippen LogP contribution in [0.3, 0.4) is 0 Å². The predicted octanol–water partition coefficient (Wildman–Crippen LogP) is 1.76. The summed E-state index contributed by atoms with van der Waals surface area (Å²) in [6.07, 6.45) is 1.93. The first-order chi connectivity index (χ1) is 7.31. The van der Waals surface area contributed by atoms with Crippen molar-refractivity contribution < 1.29 is 19.0 Å². The Morgan fingerprint density at radius 3 is 2.53 bits per heavy atom. The molecule has 5 heteroatoms. The van der Waals surface area contributed by atoms with Gasteiger partial charge in [0.2, 0.25) is 0 Å². The monoisotopic (exact) mass is 282 g/mol. The van der Waals surface area contributed by atoms with Crippen molar-refractivity contribution in [3.8, 4) is 0 Å². The lowest BCUT2D eigenvalue weighted by Gasteiger charge is -2.05. The molecule has 0 N–H and O–H groups in total. The fraction of sp³-hybridized carbons (Fsp3) is 0.900. The first kappa shape index (κ1) is 14.9. The van der Waals surface area contributed by atoms with E-state index in [4.69, 9.17) is 14.2 Å². The quantitative estimate of drug-likeness (QED) is 0.348. The Hall–Kier alpha value is -0.130. The van der Waals surface area contributed by atoms with Crippen LogP contribution in [0.5, 0.6) is 0 Å². The SMILES string of the molecule is CCCCOC(=O)COCCOCCBr. The summed E-state index contributed by atoms with van der Waals surface area (Å²) in [4.78, 5) is 11.0. The number of alkyl halides is 1. The maximum atomic E-state index is 11.0. The van der Waals surface area contributed by atoms with Gasteiger partial charge in [-0.1, -0.05) is 29.3 Å². The van der Waals surface area contributed by atoms with Gasteiger partial charge in [-0.2, -0.15) is 0 Å². The molecule has 4 nitrogen and oxygen atoms in total. The second-order valence-corrected chi connectivity index (χ2v) is 3.72. The maximum Gasteiger partial charge on any atom is 0.332 e. The molecular weight excluding hydrogens is 264 g/mol. The molecule has 15 heavy (non-hydrogen) atoms. The topological polar surface area (TPSA) is 44.8 Å². The summed E-state index contributed by atoms with van der Waals surface area (Å²) in [5, 5.41) is 0.812. The number of esters is 1. The summed E-state index contributed by atoms with van der Waals surface area (Å²) in [6, 6.07) is 0. The van der Waals surface area contributed by atoms with Gasteiger partial charge < -0.3 is 14.2 Å². The van der Waals surface area contributed by atoms with Gasteiger partial charge in [0, 0.05) is 5.33 Å². The Morgan fingerprint density at radius 1 is 1.13 bits per heavy atom. The number of hydrogen-bond donors (Lipinski definition) is 0. The Labute approximate surface area is 99.4 Å². The molecule has 0 unspecified atom stereocenters. The Morgan fingerprint density at radius 2 is 1.87 bits per heavy atom. The smallest absolute Gasteiger partial charge is 0.332 e. The van der Waals surface area contributed by atoms with Crippen LogP contribution in [0, 0.1) is 0 Å². The molecule has 0 saturated carbocycles. The van der Waals surface area contributed by atoms with Crippen LogP contribution >= 0.6 is 15.9 Å². The van der Waals surface area contributed by atoms with Crippen LogP contribution in [0.1, 0.15) is 19.8 Å². The average Bonchev–Trinajstić information content (AvgIpc) is 2.23. The van der Waals surface area contributed by atoms with Crippen LogP contribution in [0.15, 0.2) is 0 Å². The minimum absolute atomic E-state index is 0.0153. The standard InChI is InChI=1S/C10H19BrO4/c1-2-3-5-15-10(12)9-14-8-7-13-6-4-11/h2-9H2,1H3. The van der Waals surface area contributed by atoms with Crippen LogP contribution in [-0.4, -0.2) is 44.3 Å². The number of ether oxygens (including phenoxy) is 3. The van der Waals surface area contributed by atoms with E-state index in [9.17, 15) is 4.79 Å². The highest BCUT2D eigenvalue weighted by molar-refractivity contribution is 9.09. The lowest BCUT2D eigenvalue weighted by Crippen LogP contribution is -2.15. The predicted molar refractivity (Wildman–Crippen MR) is 61.3 cm³/mol. The number of unbranched alkanes of at least 4 members (excludes halogenated alkanes) is 1. The van der Waals surface area contributed by atoms with E-state index >= 15 is 0 Å². The highest BCUT2D eigenvalue weighted by Gasteiger charge is 2.01. The van der Waals surface area contributed by atoms with Crippen LogP contribution in [0.4, 0.5) is 0 Å². The van der Waals surface area contributed by atoms with Crippen LogP contribution in [-0.2, 0) is 19.0 Å². The van der Waals surface area contributed by atoms with Crippen molar-refractivity contribution in [1.29, 1.82) is 0 Å². The molecule has 0 aliphatic heterocycles. The highest BCUT2D eigenvalue weighted by Crippen LogP contribution is 1.89. The van der Waals surface area contributed by atoms with E-state index in [-0.39, 0.29) is 12.6 Å². The fourth-order valence-corrected chi connectivity index (χ4v) is 1.03. The van der Waals surface area contributed by atoms with E-state index < -0.39 is 0 Å². The van der Waals surface area contributed by atoms with Crippen molar-refractivity contribution >= 4 is 21.9 Å². The van der Waals surface area contributed by atoms with E-state index in [1.54, 1.807) is 0 Å². The molecule has 0 heterocycles. The Kier molecular flexibility index (Phi) is 11.8. The summed E-state index contributed by atoms with van der Waals surface area (Å²) in [6.45, 7) is 4.14. The van der Waals surface area contributed by atoms with Crippen molar-refractivity contribution in [1.82, 2.24) is 0 Å². The molecule has 0 atom stereocenters.